The van der Waals surface area contributed by atoms with Gasteiger partial charge in [-0.15, -0.1) is 0 Å². The van der Waals surface area contributed by atoms with Gasteiger partial charge in [0.15, 0.2) is 5.16 Å². The summed E-state index contributed by atoms with van der Waals surface area (Å²) in [5.41, 5.74) is 2.96. The monoisotopic (exact) mass is 543 g/mol. The maximum absolute atomic E-state index is 12.3. The number of unbranched alkanes of at least 4 members (excludes halogenated alkanes) is 2. The van der Waals surface area contributed by atoms with Gasteiger partial charge in [-0.3, -0.25) is 4.79 Å². The molecule has 36 heavy (non-hydrogen) atoms. The molecule has 0 spiro atoms. The number of rotatable bonds is 10. The number of nitrogens with zero attached hydrogens (tertiary/aromatic N) is 4. The molecule has 0 aliphatic carbocycles. The Labute approximate surface area is 227 Å². The van der Waals surface area contributed by atoms with Crippen molar-refractivity contribution in [1.82, 2.24) is 15.3 Å². The molecule has 3 aromatic rings. The Balaban J connectivity index is 1.30. The molecule has 6 nitrogen and oxygen atoms in total. The van der Waals surface area contributed by atoms with Gasteiger partial charge in [0.25, 0.3) is 5.91 Å². The van der Waals surface area contributed by atoms with Crippen LogP contribution >= 0.6 is 35.0 Å². The van der Waals surface area contributed by atoms with E-state index in [1.165, 1.54) is 5.69 Å². The van der Waals surface area contributed by atoms with Gasteiger partial charge in [0, 0.05) is 60.8 Å². The zero-order chi connectivity index (χ0) is 25.3. The summed E-state index contributed by atoms with van der Waals surface area (Å²) in [4.78, 5) is 26.1. The van der Waals surface area contributed by atoms with E-state index in [-0.39, 0.29) is 5.91 Å². The lowest BCUT2D eigenvalue weighted by Gasteiger charge is -2.36. The molecule has 1 aromatic heterocycles. The number of nitrogens with one attached hydrogen (secondary N) is 1. The van der Waals surface area contributed by atoms with Crippen molar-refractivity contribution in [2.24, 2.45) is 0 Å². The number of thioether (sulfide) groups is 1. The molecular formula is C27H31Cl2N5OS. The van der Waals surface area contributed by atoms with Crippen LogP contribution in [0.15, 0.2) is 59.8 Å². The van der Waals surface area contributed by atoms with Crippen LogP contribution in [0.1, 0.15) is 42.1 Å². The van der Waals surface area contributed by atoms with Gasteiger partial charge in [-0.25, -0.2) is 9.97 Å². The zero-order valence-electron chi connectivity index (χ0n) is 20.4. The van der Waals surface area contributed by atoms with Crippen LogP contribution in [0, 0.1) is 0 Å². The molecule has 1 fully saturated rings. The summed E-state index contributed by atoms with van der Waals surface area (Å²) in [5, 5.41) is 4.82. The average Bonchev–Trinajstić information content (AvgIpc) is 2.90. The quantitative estimate of drug-likeness (QED) is 0.140. The van der Waals surface area contributed by atoms with Gasteiger partial charge in [0.1, 0.15) is 11.0 Å². The van der Waals surface area contributed by atoms with Crippen LogP contribution in [0.2, 0.25) is 10.2 Å². The Morgan fingerprint density at radius 2 is 1.64 bits per heavy atom. The second kappa shape index (κ2) is 13.2. The molecule has 0 bridgehead atoms. The van der Waals surface area contributed by atoms with E-state index in [4.69, 9.17) is 28.2 Å². The van der Waals surface area contributed by atoms with Gasteiger partial charge in [-0.1, -0.05) is 66.9 Å². The Morgan fingerprint density at radius 3 is 2.33 bits per heavy atom. The molecule has 0 radical (unpaired) electrons. The van der Waals surface area contributed by atoms with Gasteiger partial charge >= 0.3 is 0 Å². The summed E-state index contributed by atoms with van der Waals surface area (Å²) in [6.07, 6.45) is 3.28. The lowest BCUT2D eigenvalue weighted by molar-refractivity contribution is 0.0953. The Kier molecular flexibility index (Phi) is 9.73. The molecular weight excluding hydrogens is 513 g/mol. The third-order valence-electron chi connectivity index (χ3n) is 6.11. The van der Waals surface area contributed by atoms with Crippen molar-refractivity contribution in [3.8, 4) is 0 Å². The maximum atomic E-state index is 12.3. The normalized spacial score (nSPS) is 13.6. The number of hydrogen-bond acceptors (Lipinski definition) is 6. The molecule has 2 aromatic carbocycles. The van der Waals surface area contributed by atoms with E-state index in [0.29, 0.717) is 21.6 Å². The molecule has 1 N–H and O–H groups in total. The lowest BCUT2D eigenvalue weighted by atomic mass is 10.1. The molecule has 9 heteroatoms. The third-order valence-corrected chi connectivity index (χ3v) is 7.47. The average molecular weight is 545 g/mol. The van der Waals surface area contributed by atoms with Crippen molar-refractivity contribution in [3.63, 3.8) is 0 Å². The smallest absolute Gasteiger partial charge is 0.251 e. The fourth-order valence-corrected chi connectivity index (χ4v) is 5.20. The highest BCUT2D eigenvalue weighted by Gasteiger charge is 2.20. The third kappa shape index (κ3) is 7.51. The maximum Gasteiger partial charge on any atom is 0.251 e. The minimum atomic E-state index is -0.0238. The summed E-state index contributed by atoms with van der Waals surface area (Å²) < 4.78 is 0. The van der Waals surface area contributed by atoms with Crippen molar-refractivity contribution < 1.29 is 4.79 Å². The Morgan fingerprint density at radius 1 is 0.944 bits per heavy atom. The van der Waals surface area contributed by atoms with E-state index >= 15 is 0 Å². The molecule has 4 rings (SSSR count). The van der Waals surface area contributed by atoms with E-state index in [9.17, 15) is 4.79 Å². The van der Waals surface area contributed by atoms with E-state index in [0.717, 1.165) is 68.4 Å². The SMILES string of the molecule is CCCCCNC(=O)c1ccc(CSc2nc(Cl)cc(N3CCN(c4ccc(Cl)cc4)CC3)n2)cc1. The first-order valence-electron chi connectivity index (χ1n) is 12.3. The van der Waals surface area contributed by atoms with Crippen LogP contribution in [0.5, 0.6) is 0 Å². The first kappa shape index (κ1) is 26.6. The minimum absolute atomic E-state index is 0.0238. The molecule has 1 saturated heterocycles. The lowest BCUT2D eigenvalue weighted by Crippen LogP contribution is -2.46. The number of halogens is 2. The zero-order valence-corrected chi connectivity index (χ0v) is 22.7. The van der Waals surface area contributed by atoms with Crippen LogP contribution in [-0.4, -0.2) is 48.6 Å². The summed E-state index contributed by atoms with van der Waals surface area (Å²) in [7, 11) is 0. The van der Waals surface area contributed by atoms with Gasteiger partial charge in [0.2, 0.25) is 0 Å². The van der Waals surface area contributed by atoms with E-state index in [1.807, 2.05) is 42.5 Å². The van der Waals surface area contributed by atoms with Crippen molar-refractivity contribution >= 4 is 52.4 Å². The second-order valence-electron chi connectivity index (χ2n) is 8.73. The number of benzene rings is 2. The molecule has 1 aliphatic heterocycles. The Bertz CT molecular complexity index is 1140. The first-order chi connectivity index (χ1) is 17.5. The van der Waals surface area contributed by atoms with Gasteiger partial charge in [-0.05, 0) is 48.4 Å². The second-order valence-corrected chi connectivity index (χ2v) is 10.5. The molecule has 1 amide bonds. The highest BCUT2D eigenvalue weighted by atomic mass is 35.5. The minimum Gasteiger partial charge on any atom is -0.368 e. The predicted octanol–water partition coefficient (Wildman–Crippen LogP) is 6.32. The summed E-state index contributed by atoms with van der Waals surface area (Å²) in [6, 6.07) is 17.5. The highest BCUT2D eigenvalue weighted by molar-refractivity contribution is 7.98. The number of carbonyl (C=O) groups excluding carboxylic acids is 1. The number of anilines is 2. The fourth-order valence-electron chi connectivity index (χ4n) is 4.04. The van der Waals surface area contributed by atoms with Crippen LogP contribution in [0.25, 0.3) is 0 Å². The summed E-state index contributed by atoms with van der Waals surface area (Å²) >= 11 is 13.9. The van der Waals surface area contributed by atoms with Gasteiger partial charge in [0.05, 0.1) is 0 Å². The van der Waals surface area contributed by atoms with E-state index in [1.54, 1.807) is 11.8 Å². The number of amides is 1. The number of carbonyl (C=O) groups is 1. The largest absolute Gasteiger partial charge is 0.368 e. The van der Waals surface area contributed by atoms with Crippen molar-refractivity contribution in [2.75, 3.05) is 42.5 Å². The van der Waals surface area contributed by atoms with Gasteiger partial charge < -0.3 is 15.1 Å². The van der Waals surface area contributed by atoms with Crippen molar-refractivity contribution in [2.45, 2.75) is 37.1 Å². The van der Waals surface area contributed by atoms with Crippen molar-refractivity contribution in [1.29, 1.82) is 0 Å². The summed E-state index contributed by atoms with van der Waals surface area (Å²) in [5.74, 6) is 1.52. The highest BCUT2D eigenvalue weighted by Crippen LogP contribution is 2.26. The summed E-state index contributed by atoms with van der Waals surface area (Å²) in [6.45, 7) is 6.35. The molecule has 0 saturated carbocycles. The predicted molar refractivity (Wildman–Crippen MR) is 151 cm³/mol. The molecule has 2 heterocycles. The number of hydrogen-bond donors (Lipinski definition) is 1. The molecule has 190 valence electrons. The molecule has 0 atom stereocenters. The number of piperazine rings is 1. The van der Waals surface area contributed by atoms with Crippen LogP contribution in [-0.2, 0) is 5.75 Å². The molecule has 0 unspecified atom stereocenters. The van der Waals surface area contributed by atoms with Crippen LogP contribution in [0.4, 0.5) is 11.5 Å². The standard InChI is InChI=1S/C27H31Cl2N5OS/c1-2-3-4-13-30-26(35)21-7-5-20(6-8-21)19-36-27-31-24(29)18-25(32-27)34-16-14-33(15-17-34)23-11-9-22(28)10-12-23/h5-12,18H,2-4,13-17,19H2,1H3,(H,30,35). The van der Waals surface area contributed by atoms with E-state index in [2.05, 4.69) is 39.2 Å². The van der Waals surface area contributed by atoms with Crippen LogP contribution < -0.4 is 15.1 Å². The first-order valence-corrected chi connectivity index (χ1v) is 14.1. The van der Waals surface area contributed by atoms with Gasteiger partial charge in [-0.2, -0.15) is 0 Å². The Hall–Kier alpha value is -2.48. The number of aromatic nitrogens is 2. The van der Waals surface area contributed by atoms with Crippen molar-refractivity contribution in [3.05, 3.63) is 75.9 Å². The molecule has 1 aliphatic rings. The topological polar surface area (TPSA) is 61.4 Å². The van der Waals surface area contributed by atoms with Crippen LogP contribution in [0.3, 0.4) is 0 Å². The fraction of sp³-hybridized carbons (Fsp3) is 0.370. The van der Waals surface area contributed by atoms with E-state index < -0.39 is 0 Å².